The van der Waals surface area contributed by atoms with Gasteiger partial charge in [0.15, 0.2) is 0 Å². The summed E-state index contributed by atoms with van der Waals surface area (Å²) in [7, 11) is 0. The van der Waals surface area contributed by atoms with Gasteiger partial charge in [-0.2, -0.15) is 0 Å². The normalized spacial score (nSPS) is 18.0. The molecule has 2 aromatic carbocycles. The highest BCUT2D eigenvalue weighted by Crippen LogP contribution is 2.24. The second-order valence-corrected chi connectivity index (χ2v) is 8.16. The van der Waals surface area contributed by atoms with Crippen molar-refractivity contribution >= 4 is 29.1 Å². The van der Waals surface area contributed by atoms with E-state index in [-0.39, 0.29) is 17.7 Å². The topological polar surface area (TPSA) is 43.9 Å². The summed E-state index contributed by atoms with van der Waals surface area (Å²) in [6.45, 7) is 4.39. The SMILES string of the molecule is O=C(c1ccccc1)N1CCC(C(=O)N2CCN(c3cccc(Cl)c3)CC2)CC1. The first kappa shape index (κ1) is 19.8. The predicted molar refractivity (Wildman–Crippen MR) is 115 cm³/mol. The second kappa shape index (κ2) is 8.87. The molecule has 29 heavy (non-hydrogen) atoms. The van der Waals surface area contributed by atoms with Crippen molar-refractivity contribution in [3.63, 3.8) is 0 Å². The molecule has 0 atom stereocenters. The number of likely N-dealkylation sites (tertiary alicyclic amines) is 1. The Morgan fingerprint density at radius 2 is 1.48 bits per heavy atom. The molecule has 0 saturated carbocycles. The van der Waals surface area contributed by atoms with E-state index in [1.165, 1.54) is 0 Å². The van der Waals surface area contributed by atoms with Gasteiger partial charge in [0, 0.05) is 61.5 Å². The fraction of sp³-hybridized carbons (Fsp3) is 0.391. The number of rotatable bonds is 3. The molecule has 2 aliphatic heterocycles. The Bertz CT molecular complexity index is 857. The molecule has 0 spiro atoms. The molecule has 2 aromatic rings. The molecule has 0 aromatic heterocycles. The summed E-state index contributed by atoms with van der Waals surface area (Å²) in [6.07, 6.45) is 1.48. The van der Waals surface area contributed by atoms with E-state index in [4.69, 9.17) is 11.6 Å². The van der Waals surface area contributed by atoms with Crippen molar-refractivity contribution in [2.45, 2.75) is 12.8 Å². The van der Waals surface area contributed by atoms with Crippen molar-refractivity contribution in [1.82, 2.24) is 9.80 Å². The number of hydrogen-bond donors (Lipinski definition) is 0. The van der Waals surface area contributed by atoms with Crippen LogP contribution in [0, 0.1) is 5.92 Å². The van der Waals surface area contributed by atoms with Gasteiger partial charge in [-0.3, -0.25) is 9.59 Å². The number of hydrogen-bond acceptors (Lipinski definition) is 3. The standard InChI is InChI=1S/C23H26ClN3O2/c24-20-7-4-8-21(17-20)25-13-15-27(16-14-25)23(29)19-9-11-26(12-10-19)22(28)18-5-2-1-3-6-18/h1-8,17,19H,9-16H2. The molecule has 152 valence electrons. The molecule has 0 N–H and O–H groups in total. The zero-order valence-electron chi connectivity index (χ0n) is 16.5. The van der Waals surface area contributed by atoms with Gasteiger partial charge in [0.25, 0.3) is 5.91 Å². The van der Waals surface area contributed by atoms with Crippen LogP contribution >= 0.6 is 11.6 Å². The van der Waals surface area contributed by atoms with E-state index in [0.717, 1.165) is 55.3 Å². The summed E-state index contributed by atoms with van der Waals surface area (Å²) in [5.41, 5.74) is 1.83. The zero-order valence-corrected chi connectivity index (χ0v) is 17.2. The van der Waals surface area contributed by atoms with E-state index in [0.29, 0.717) is 13.1 Å². The minimum absolute atomic E-state index is 0.0209. The fourth-order valence-corrected chi connectivity index (χ4v) is 4.39. The van der Waals surface area contributed by atoms with Crippen LogP contribution in [-0.2, 0) is 4.79 Å². The first-order chi connectivity index (χ1) is 14.1. The van der Waals surface area contributed by atoms with E-state index in [1.807, 2.05) is 58.3 Å². The molecule has 2 saturated heterocycles. The Kier molecular flexibility index (Phi) is 6.05. The second-order valence-electron chi connectivity index (χ2n) is 7.72. The third kappa shape index (κ3) is 4.56. The summed E-state index contributed by atoms with van der Waals surface area (Å²) in [4.78, 5) is 31.7. The van der Waals surface area contributed by atoms with Crippen LogP contribution in [0.2, 0.25) is 5.02 Å². The smallest absolute Gasteiger partial charge is 0.253 e. The van der Waals surface area contributed by atoms with Crippen LogP contribution in [0.5, 0.6) is 0 Å². The largest absolute Gasteiger partial charge is 0.368 e. The van der Waals surface area contributed by atoms with E-state index in [1.54, 1.807) is 0 Å². The number of piperazine rings is 1. The summed E-state index contributed by atoms with van der Waals surface area (Å²) in [5.74, 6) is 0.321. The molecule has 2 fully saturated rings. The number of nitrogens with zero attached hydrogens (tertiary/aromatic N) is 3. The van der Waals surface area contributed by atoms with Crippen LogP contribution in [0.25, 0.3) is 0 Å². The van der Waals surface area contributed by atoms with Gasteiger partial charge in [-0.1, -0.05) is 35.9 Å². The van der Waals surface area contributed by atoms with Crippen LogP contribution in [0.15, 0.2) is 54.6 Å². The maximum absolute atomic E-state index is 13.0. The molecule has 2 aliphatic rings. The molecule has 0 unspecified atom stereocenters. The van der Waals surface area contributed by atoms with E-state index < -0.39 is 0 Å². The molecule has 2 amide bonds. The lowest BCUT2D eigenvalue weighted by Gasteiger charge is -2.39. The summed E-state index contributed by atoms with van der Waals surface area (Å²) in [5, 5.41) is 0.734. The van der Waals surface area contributed by atoms with E-state index in [2.05, 4.69) is 11.0 Å². The van der Waals surface area contributed by atoms with Gasteiger partial charge in [0.05, 0.1) is 0 Å². The highest BCUT2D eigenvalue weighted by molar-refractivity contribution is 6.30. The van der Waals surface area contributed by atoms with Crippen molar-refractivity contribution in [3.05, 3.63) is 65.2 Å². The van der Waals surface area contributed by atoms with Gasteiger partial charge in [0.1, 0.15) is 0 Å². The van der Waals surface area contributed by atoms with Crippen molar-refractivity contribution in [2.75, 3.05) is 44.2 Å². The molecular formula is C23H26ClN3O2. The van der Waals surface area contributed by atoms with E-state index >= 15 is 0 Å². The Morgan fingerprint density at radius 1 is 0.793 bits per heavy atom. The zero-order chi connectivity index (χ0) is 20.2. The third-order valence-corrected chi connectivity index (χ3v) is 6.15. The summed E-state index contributed by atoms with van der Waals surface area (Å²) >= 11 is 6.10. The molecule has 0 bridgehead atoms. The monoisotopic (exact) mass is 411 g/mol. The highest BCUT2D eigenvalue weighted by atomic mass is 35.5. The maximum atomic E-state index is 13.0. The molecule has 0 radical (unpaired) electrons. The van der Waals surface area contributed by atoms with Gasteiger partial charge in [0.2, 0.25) is 5.91 Å². The quantitative estimate of drug-likeness (QED) is 0.775. The van der Waals surface area contributed by atoms with Crippen molar-refractivity contribution in [3.8, 4) is 0 Å². The lowest BCUT2D eigenvalue weighted by Crippen LogP contribution is -2.52. The Morgan fingerprint density at radius 3 is 2.14 bits per heavy atom. The van der Waals surface area contributed by atoms with Crippen molar-refractivity contribution < 1.29 is 9.59 Å². The van der Waals surface area contributed by atoms with Crippen LogP contribution in [-0.4, -0.2) is 60.9 Å². The number of carbonyl (C=O) groups is 2. The molecule has 5 nitrogen and oxygen atoms in total. The number of benzene rings is 2. The van der Waals surface area contributed by atoms with Gasteiger partial charge < -0.3 is 14.7 Å². The Hall–Kier alpha value is -2.53. The van der Waals surface area contributed by atoms with E-state index in [9.17, 15) is 9.59 Å². The maximum Gasteiger partial charge on any atom is 0.253 e. The lowest BCUT2D eigenvalue weighted by molar-refractivity contribution is -0.137. The van der Waals surface area contributed by atoms with Gasteiger partial charge in [-0.05, 0) is 43.2 Å². The van der Waals surface area contributed by atoms with Gasteiger partial charge >= 0.3 is 0 Å². The minimum atomic E-state index is 0.0209. The molecule has 6 heteroatoms. The van der Waals surface area contributed by atoms with Crippen LogP contribution in [0.4, 0.5) is 5.69 Å². The minimum Gasteiger partial charge on any atom is -0.368 e. The highest BCUT2D eigenvalue weighted by Gasteiger charge is 2.32. The molecular weight excluding hydrogens is 386 g/mol. The van der Waals surface area contributed by atoms with Crippen LogP contribution < -0.4 is 4.90 Å². The average molecular weight is 412 g/mol. The van der Waals surface area contributed by atoms with Gasteiger partial charge in [-0.25, -0.2) is 0 Å². The molecule has 0 aliphatic carbocycles. The number of carbonyl (C=O) groups excluding carboxylic acids is 2. The average Bonchev–Trinajstić information content (AvgIpc) is 2.79. The number of piperidine rings is 1. The lowest BCUT2D eigenvalue weighted by atomic mass is 9.94. The van der Waals surface area contributed by atoms with Crippen molar-refractivity contribution in [1.29, 1.82) is 0 Å². The summed E-state index contributed by atoms with van der Waals surface area (Å²) in [6, 6.07) is 17.2. The first-order valence-corrected chi connectivity index (χ1v) is 10.6. The Balaban J connectivity index is 1.28. The summed E-state index contributed by atoms with van der Waals surface area (Å²) < 4.78 is 0. The van der Waals surface area contributed by atoms with Crippen LogP contribution in [0.1, 0.15) is 23.2 Å². The van der Waals surface area contributed by atoms with Crippen molar-refractivity contribution in [2.24, 2.45) is 5.92 Å². The van der Waals surface area contributed by atoms with Gasteiger partial charge in [-0.15, -0.1) is 0 Å². The number of amides is 2. The van der Waals surface area contributed by atoms with Crippen LogP contribution in [0.3, 0.4) is 0 Å². The predicted octanol–water partition coefficient (Wildman–Crippen LogP) is 3.54. The number of anilines is 1. The fourth-order valence-electron chi connectivity index (χ4n) is 4.21. The molecule has 4 rings (SSSR count). The Labute approximate surface area is 176 Å². The first-order valence-electron chi connectivity index (χ1n) is 10.3. The number of halogens is 1. The molecule has 2 heterocycles. The third-order valence-electron chi connectivity index (χ3n) is 5.92.